The first-order valence-electron chi connectivity index (χ1n) is 14.2. The number of carbonyl (C=O) groups is 2. The van der Waals surface area contributed by atoms with Gasteiger partial charge in [0.25, 0.3) is 15.9 Å². The van der Waals surface area contributed by atoms with Crippen LogP contribution in [0.5, 0.6) is 11.5 Å². The third-order valence-corrected chi connectivity index (χ3v) is 9.51. The number of hydrogen-bond acceptors (Lipinski definition) is 7. The Kier molecular flexibility index (Phi) is 9.83. The average Bonchev–Trinajstić information content (AvgIpc) is 3.06. The molecule has 0 saturated carbocycles. The quantitative estimate of drug-likeness (QED) is 0.162. The summed E-state index contributed by atoms with van der Waals surface area (Å²) >= 11 is 6.25. The third kappa shape index (κ3) is 7.08. The third-order valence-electron chi connectivity index (χ3n) is 7.42. The predicted octanol–water partition coefficient (Wildman–Crippen LogP) is 6.36. The number of rotatable bonds is 9. The summed E-state index contributed by atoms with van der Waals surface area (Å²) in [5.41, 5.74) is 1.96. The Hall–Kier alpha value is -4.94. The van der Waals surface area contributed by atoms with Crippen molar-refractivity contribution in [1.29, 1.82) is 0 Å². The largest absolute Gasteiger partial charge is 0.494 e. The average molecular weight is 683 g/mol. The van der Waals surface area contributed by atoms with E-state index in [1.165, 1.54) is 50.6 Å². The molecule has 1 amide bonds. The van der Waals surface area contributed by atoms with Gasteiger partial charge in [0.2, 0.25) is 0 Å². The first-order chi connectivity index (χ1) is 22.4. The van der Waals surface area contributed by atoms with Crippen LogP contribution in [-0.2, 0) is 14.8 Å². The minimum Gasteiger partial charge on any atom is -0.494 e. The summed E-state index contributed by atoms with van der Waals surface area (Å²) in [7, 11) is -1.85. The minimum atomic E-state index is -4.33. The zero-order valence-electron chi connectivity index (χ0n) is 25.4. The molecule has 0 unspecified atom stereocenters. The van der Waals surface area contributed by atoms with Gasteiger partial charge in [-0.2, -0.15) is 0 Å². The van der Waals surface area contributed by atoms with Crippen molar-refractivity contribution in [1.82, 2.24) is 5.32 Å². The van der Waals surface area contributed by atoms with Gasteiger partial charge in [-0.3, -0.25) is 9.10 Å². The first kappa shape index (κ1) is 33.4. The number of sulfonamides is 1. The minimum absolute atomic E-state index is 0.0810. The van der Waals surface area contributed by atoms with Gasteiger partial charge in [-0.25, -0.2) is 22.0 Å². The van der Waals surface area contributed by atoms with Crippen molar-refractivity contribution < 1.29 is 41.0 Å². The van der Waals surface area contributed by atoms with Gasteiger partial charge in [0.1, 0.15) is 17.7 Å². The molecule has 13 heteroatoms. The van der Waals surface area contributed by atoms with Gasteiger partial charge in [-0.1, -0.05) is 29.8 Å². The van der Waals surface area contributed by atoms with Crippen molar-refractivity contribution in [3.05, 3.63) is 118 Å². The summed E-state index contributed by atoms with van der Waals surface area (Å²) in [5.74, 6) is -2.31. The maximum Gasteiger partial charge on any atom is 0.337 e. The lowest BCUT2D eigenvalue weighted by Gasteiger charge is -2.36. The molecule has 1 N–H and O–H groups in total. The monoisotopic (exact) mass is 682 g/mol. The Morgan fingerprint density at radius 1 is 1.00 bits per heavy atom. The Labute approximate surface area is 275 Å². The number of hydrogen-bond donors (Lipinski definition) is 1. The maximum atomic E-state index is 14.6. The number of amides is 1. The fraction of sp³-hybridized carbons (Fsp3) is 0.176. The van der Waals surface area contributed by atoms with Crippen LogP contribution in [-0.4, -0.2) is 53.7 Å². The molecule has 0 aliphatic carbocycles. The number of anilines is 1. The van der Waals surface area contributed by atoms with Gasteiger partial charge in [-0.05, 0) is 78.7 Å². The summed E-state index contributed by atoms with van der Waals surface area (Å²) in [6.07, 6.45) is 0.826. The van der Waals surface area contributed by atoms with Crippen LogP contribution in [0.3, 0.4) is 0 Å². The lowest BCUT2D eigenvalue weighted by atomic mass is 10.0. The van der Waals surface area contributed by atoms with Crippen LogP contribution in [0.25, 0.3) is 11.6 Å². The number of nitrogens with zero attached hydrogens (tertiary/aromatic N) is 1. The van der Waals surface area contributed by atoms with E-state index in [0.717, 1.165) is 22.5 Å². The molecule has 1 atom stereocenters. The molecular formula is C34H29ClF2N2O7S. The highest BCUT2D eigenvalue weighted by atomic mass is 35.5. The SMILES string of the molecule is COC(=O)c1ccc(C(=O)NC[C@H]2CN(S(=O)(=O)c3ccc(F)c(OC)c3)c3cc(/C=C(\C)c4c(F)cccc4Cl)ccc3O2)cc1. The number of nitrogens with one attached hydrogen (secondary N) is 1. The Bertz CT molecular complexity index is 1960. The molecule has 1 aliphatic rings. The lowest BCUT2D eigenvalue weighted by Crippen LogP contribution is -2.48. The molecule has 0 radical (unpaired) electrons. The summed E-state index contributed by atoms with van der Waals surface area (Å²) in [6.45, 7) is 1.38. The Morgan fingerprint density at radius 3 is 2.40 bits per heavy atom. The first-order valence-corrected chi connectivity index (χ1v) is 16.0. The molecule has 0 aromatic heterocycles. The van der Waals surface area contributed by atoms with E-state index in [2.05, 4.69) is 10.1 Å². The van der Waals surface area contributed by atoms with Crippen molar-refractivity contribution in [2.24, 2.45) is 0 Å². The van der Waals surface area contributed by atoms with E-state index in [4.69, 9.17) is 21.1 Å². The van der Waals surface area contributed by atoms with Gasteiger partial charge in [0.15, 0.2) is 11.6 Å². The highest BCUT2D eigenvalue weighted by molar-refractivity contribution is 7.92. The molecular weight excluding hydrogens is 654 g/mol. The maximum absolute atomic E-state index is 14.6. The summed E-state index contributed by atoms with van der Waals surface area (Å²) in [5, 5.41) is 2.96. The van der Waals surface area contributed by atoms with E-state index in [0.29, 0.717) is 11.1 Å². The molecule has 1 aliphatic heterocycles. The number of esters is 1. The van der Waals surface area contributed by atoms with Gasteiger partial charge < -0.3 is 19.5 Å². The molecule has 47 heavy (non-hydrogen) atoms. The Balaban J connectivity index is 1.47. The van der Waals surface area contributed by atoms with Crippen molar-refractivity contribution in [2.75, 3.05) is 31.6 Å². The lowest BCUT2D eigenvalue weighted by molar-refractivity contribution is 0.0600. The van der Waals surface area contributed by atoms with Gasteiger partial charge >= 0.3 is 5.97 Å². The zero-order valence-corrected chi connectivity index (χ0v) is 27.0. The summed E-state index contributed by atoms with van der Waals surface area (Å²) in [4.78, 5) is 24.4. The molecule has 244 valence electrons. The number of benzene rings is 4. The van der Waals surface area contributed by atoms with Crippen LogP contribution >= 0.6 is 11.6 Å². The van der Waals surface area contributed by atoms with E-state index in [1.807, 2.05) is 0 Å². The van der Waals surface area contributed by atoms with Crippen LogP contribution in [0.2, 0.25) is 5.02 Å². The molecule has 0 fully saturated rings. The molecule has 9 nitrogen and oxygen atoms in total. The van der Waals surface area contributed by atoms with E-state index >= 15 is 0 Å². The van der Waals surface area contributed by atoms with Crippen molar-refractivity contribution in [2.45, 2.75) is 17.9 Å². The number of ether oxygens (including phenoxy) is 3. The van der Waals surface area contributed by atoms with Gasteiger partial charge in [0, 0.05) is 17.2 Å². The molecule has 4 aromatic carbocycles. The zero-order chi connectivity index (χ0) is 33.9. The van der Waals surface area contributed by atoms with Gasteiger partial charge in [0.05, 0.1) is 48.5 Å². The van der Waals surface area contributed by atoms with Crippen LogP contribution in [0.4, 0.5) is 14.5 Å². The second kappa shape index (κ2) is 13.8. The second-order valence-corrected chi connectivity index (χ2v) is 12.8. The second-order valence-electron chi connectivity index (χ2n) is 10.5. The molecule has 0 saturated heterocycles. The van der Waals surface area contributed by atoms with Crippen molar-refractivity contribution in [3.63, 3.8) is 0 Å². The number of allylic oxidation sites excluding steroid dienone is 1. The van der Waals surface area contributed by atoms with E-state index in [1.54, 1.807) is 37.3 Å². The highest BCUT2D eigenvalue weighted by Gasteiger charge is 2.35. The molecule has 4 aromatic rings. The highest BCUT2D eigenvalue weighted by Crippen LogP contribution is 2.39. The van der Waals surface area contributed by atoms with E-state index in [-0.39, 0.29) is 56.9 Å². The Morgan fingerprint density at radius 2 is 1.72 bits per heavy atom. The molecule has 1 heterocycles. The van der Waals surface area contributed by atoms with Gasteiger partial charge in [-0.15, -0.1) is 0 Å². The van der Waals surface area contributed by atoms with Crippen LogP contribution in [0.1, 0.15) is 38.8 Å². The fourth-order valence-electron chi connectivity index (χ4n) is 5.06. The topological polar surface area (TPSA) is 111 Å². The molecule has 0 bridgehead atoms. The summed E-state index contributed by atoms with van der Waals surface area (Å²) < 4.78 is 73.9. The molecule has 5 rings (SSSR count). The van der Waals surface area contributed by atoms with E-state index < -0.39 is 39.6 Å². The predicted molar refractivity (Wildman–Crippen MR) is 173 cm³/mol. The van der Waals surface area contributed by atoms with Crippen molar-refractivity contribution >= 4 is 50.8 Å². The number of carbonyl (C=O) groups excluding carboxylic acids is 2. The standard InChI is InChI=1S/C34H29ClF2N2O7S/c1-20(32-26(35)5-4-6-28(32)37)15-21-7-14-30-29(16-21)39(47(42,43)25-12-13-27(36)31(17-25)44-2)19-24(46-30)18-38-33(40)22-8-10-23(11-9-22)34(41)45-3/h4-17,24H,18-19H2,1-3H3,(H,38,40)/b20-15+/t24-/m0/s1. The smallest absolute Gasteiger partial charge is 0.337 e. The number of halogens is 3. The number of fused-ring (bicyclic) bond motifs is 1. The normalized spacial score (nSPS) is 14.6. The number of methoxy groups -OCH3 is 2. The summed E-state index contributed by atoms with van der Waals surface area (Å²) in [6, 6.07) is 18.2. The fourth-order valence-corrected chi connectivity index (χ4v) is 6.89. The van der Waals surface area contributed by atoms with Crippen LogP contribution in [0, 0.1) is 11.6 Å². The molecule has 0 spiro atoms. The van der Waals surface area contributed by atoms with Crippen molar-refractivity contribution in [3.8, 4) is 11.5 Å². The van der Waals surface area contributed by atoms with Crippen LogP contribution < -0.4 is 19.1 Å². The van der Waals surface area contributed by atoms with Crippen LogP contribution in [0.15, 0.2) is 83.8 Å². The van der Waals surface area contributed by atoms with E-state index in [9.17, 15) is 26.8 Å².